The first kappa shape index (κ1) is 11.9. The van der Waals surface area contributed by atoms with Crippen molar-refractivity contribution >= 4 is 0 Å². The molecule has 0 radical (unpaired) electrons. The zero-order valence-electron chi connectivity index (χ0n) is 11.0. The normalized spacial score (nSPS) is 42.9. The molecule has 0 saturated carbocycles. The van der Waals surface area contributed by atoms with Gasteiger partial charge in [0, 0.05) is 25.2 Å². The summed E-state index contributed by atoms with van der Waals surface area (Å²) in [5.41, 5.74) is 0. The molecule has 3 aliphatic heterocycles. The van der Waals surface area contributed by atoms with Crippen LogP contribution in [0.15, 0.2) is 0 Å². The van der Waals surface area contributed by atoms with Crippen LogP contribution in [0.4, 0.5) is 0 Å². The summed E-state index contributed by atoms with van der Waals surface area (Å²) >= 11 is 0. The Morgan fingerprint density at radius 1 is 1.24 bits per heavy atom. The van der Waals surface area contributed by atoms with Crippen LogP contribution in [0, 0.1) is 5.92 Å². The van der Waals surface area contributed by atoms with Crippen molar-refractivity contribution in [1.82, 2.24) is 10.2 Å². The van der Waals surface area contributed by atoms with Crippen LogP contribution in [0.2, 0.25) is 0 Å². The Kier molecular flexibility index (Phi) is 3.69. The van der Waals surface area contributed by atoms with Crippen LogP contribution >= 0.6 is 0 Å². The molecule has 3 rings (SSSR count). The molecule has 3 saturated heterocycles. The number of hydrogen-bond donors (Lipinski definition) is 1. The first-order valence-electron chi connectivity index (χ1n) is 7.42. The fraction of sp³-hybridized carbons (Fsp3) is 1.00. The van der Waals surface area contributed by atoms with Crippen molar-refractivity contribution in [2.75, 3.05) is 26.2 Å². The molecule has 98 valence electrons. The minimum absolute atomic E-state index is 0.467. The maximum absolute atomic E-state index is 5.63. The number of piperidine rings is 1. The summed E-state index contributed by atoms with van der Waals surface area (Å²) in [7, 11) is 0. The lowest BCUT2D eigenvalue weighted by molar-refractivity contribution is 0.102. The molecule has 4 atom stereocenters. The van der Waals surface area contributed by atoms with Crippen molar-refractivity contribution in [2.45, 2.75) is 57.2 Å². The molecule has 0 aromatic carbocycles. The van der Waals surface area contributed by atoms with Crippen LogP contribution in [0.1, 0.15) is 39.0 Å². The summed E-state index contributed by atoms with van der Waals surface area (Å²) in [5, 5.41) is 3.80. The Labute approximate surface area is 105 Å². The summed E-state index contributed by atoms with van der Waals surface area (Å²) in [6, 6.07) is 1.65. The second-order valence-corrected chi connectivity index (χ2v) is 6.09. The molecule has 0 aliphatic carbocycles. The van der Waals surface area contributed by atoms with E-state index < -0.39 is 0 Å². The second-order valence-electron chi connectivity index (χ2n) is 6.09. The number of hydrogen-bond acceptors (Lipinski definition) is 3. The van der Waals surface area contributed by atoms with E-state index in [2.05, 4.69) is 17.1 Å². The van der Waals surface area contributed by atoms with Crippen LogP contribution in [0.25, 0.3) is 0 Å². The van der Waals surface area contributed by atoms with Gasteiger partial charge >= 0.3 is 0 Å². The van der Waals surface area contributed by atoms with E-state index in [1.165, 1.54) is 51.7 Å². The van der Waals surface area contributed by atoms with Gasteiger partial charge in [0.25, 0.3) is 0 Å². The van der Waals surface area contributed by atoms with Crippen LogP contribution in [-0.4, -0.2) is 49.3 Å². The summed E-state index contributed by atoms with van der Waals surface area (Å²) < 4.78 is 5.63. The second kappa shape index (κ2) is 5.25. The predicted octanol–water partition coefficient (Wildman–Crippen LogP) is 1.63. The first-order chi connectivity index (χ1) is 8.33. The van der Waals surface area contributed by atoms with Gasteiger partial charge in [-0.05, 0) is 58.0 Å². The van der Waals surface area contributed by atoms with Gasteiger partial charge < -0.3 is 15.0 Å². The lowest BCUT2D eigenvalue weighted by Crippen LogP contribution is -2.47. The van der Waals surface area contributed by atoms with E-state index in [0.29, 0.717) is 6.10 Å². The maximum atomic E-state index is 5.63. The number of nitrogens with one attached hydrogen (secondary N) is 1. The molecule has 17 heavy (non-hydrogen) atoms. The van der Waals surface area contributed by atoms with E-state index >= 15 is 0 Å². The Balaban J connectivity index is 1.43. The van der Waals surface area contributed by atoms with Gasteiger partial charge in [0.05, 0.1) is 6.10 Å². The Bertz CT molecular complexity index is 259. The van der Waals surface area contributed by atoms with E-state index in [-0.39, 0.29) is 0 Å². The zero-order chi connectivity index (χ0) is 11.7. The standard InChI is InChI=1S/C14H26N2O/c1-11-12(5-8-17-11)10-15-13-4-7-16-6-2-3-14(16)9-13/h11-15H,2-10H2,1H3. The molecule has 0 spiro atoms. The average Bonchev–Trinajstić information content (AvgIpc) is 2.94. The minimum Gasteiger partial charge on any atom is -0.378 e. The molecule has 0 amide bonds. The summed E-state index contributed by atoms with van der Waals surface area (Å²) in [5.74, 6) is 0.747. The third kappa shape index (κ3) is 2.67. The fourth-order valence-corrected chi connectivity index (χ4v) is 3.77. The summed E-state index contributed by atoms with van der Waals surface area (Å²) in [6.07, 6.45) is 7.29. The molecular weight excluding hydrogens is 212 g/mol. The van der Waals surface area contributed by atoms with E-state index in [9.17, 15) is 0 Å². The fourth-order valence-electron chi connectivity index (χ4n) is 3.77. The van der Waals surface area contributed by atoms with Gasteiger partial charge in [0.1, 0.15) is 0 Å². The van der Waals surface area contributed by atoms with Crippen LogP contribution < -0.4 is 5.32 Å². The smallest absolute Gasteiger partial charge is 0.0588 e. The van der Waals surface area contributed by atoms with Gasteiger partial charge in [-0.15, -0.1) is 0 Å². The van der Waals surface area contributed by atoms with Gasteiger partial charge in [-0.3, -0.25) is 0 Å². The predicted molar refractivity (Wildman–Crippen MR) is 69.1 cm³/mol. The van der Waals surface area contributed by atoms with Gasteiger partial charge in [-0.1, -0.05) is 0 Å². The molecule has 4 unspecified atom stereocenters. The molecule has 0 bridgehead atoms. The van der Waals surface area contributed by atoms with Gasteiger partial charge in [-0.2, -0.15) is 0 Å². The van der Waals surface area contributed by atoms with Crippen molar-refractivity contribution < 1.29 is 4.74 Å². The molecule has 3 heteroatoms. The van der Waals surface area contributed by atoms with E-state index in [1.807, 2.05) is 0 Å². The number of fused-ring (bicyclic) bond motifs is 1. The first-order valence-corrected chi connectivity index (χ1v) is 7.42. The molecule has 3 aliphatic rings. The lowest BCUT2D eigenvalue weighted by atomic mass is 9.96. The molecule has 3 heterocycles. The van der Waals surface area contributed by atoms with E-state index in [4.69, 9.17) is 4.74 Å². The molecule has 0 aromatic heterocycles. The van der Waals surface area contributed by atoms with Gasteiger partial charge in [0.15, 0.2) is 0 Å². The molecule has 0 aromatic rings. The van der Waals surface area contributed by atoms with Crippen molar-refractivity contribution in [3.63, 3.8) is 0 Å². The lowest BCUT2D eigenvalue weighted by Gasteiger charge is -2.35. The van der Waals surface area contributed by atoms with Crippen molar-refractivity contribution in [3.8, 4) is 0 Å². The summed E-state index contributed by atoms with van der Waals surface area (Å²) in [4.78, 5) is 2.69. The highest BCUT2D eigenvalue weighted by molar-refractivity contribution is 4.89. The average molecular weight is 238 g/mol. The topological polar surface area (TPSA) is 24.5 Å². The van der Waals surface area contributed by atoms with Gasteiger partial charge in [-0.25, -0.2) is 0 Å². The van der Waals surface area contributed by atoms with E-state index in [1.54, 1.807) is 0 Å². The Morgan fingerprint density at radius 2 is 2.18 bits per heavy atom. The third-order valence-corrected chi connectivity index (χ3v) is 5.02. The highest BCUT2D eigenvalue weighted by Gasteiger charge is 2.32. The van der Waals surface area contributed by atoms with Crippen molar-refractivity contribution in [1.29, 1.82) is 0 Å². The number of nitrogens with zero attached hydrogens (tertiary/aromatic N) is 1. The quantitative estimate of drug-likeness (QED) is 0.809. The van der Waals surface area contributed by atoms with Crippen LogP contribution in [-0.2, 0) is 4.74 Å². The van der Waals surface area contributed by atoms with Crippen molar-refractivity contribution in [3.05, 3.63) is 0 Å². The van der Waals surface area contributed by atoms with Crippen LogP contribution in [0.5, 0.6) is 0 Å². The maximum Gasteiger partial charge on any atom is 0.0588 e. The van der Waals surface area contributed by atoms with Crippen molar-refractivity contribution in [2.24, 2.45) is 5.92 Å². The molecule has 3 fully saturated rings. The zero-order valence-corrected chi connectivity index (χ0v) is 11.0. The number of rotatable bonds is 3. The highest BCUT2D eigenvalue weighted by atomic mass is 16.5. The monoisotopic (exact) mass is 238 g/mol. The Hall–Kier alpha value is -0.120. The molecule has 1 N–H and O–H groups in total. The SMILES string of the molecule is CC1OCCC1CNC1CCN2CCCC2C1. The Morgan fingerprint density at radius 3 is 3.00 bits per heavy atom. The van der Waals surface area contributed by atoms with Gasteiger partial charge in [0.2, 0.25) is 0 Å². The largest absolute Gasteiger partial charge is 0.378 e. The van der Waals surface area contributed by atoms with Crippen LogP contribution in [0.3, 0.4) is 0 Å². The van der Waals surface area contributed by atoms with E-state index in [0.717, 1.165) is 24.6 Å². The summed E-state index contributed by atoms with van der Waals surface area (Å²) in [6.45, 7) is 7.02. The third-order valence-electron chi connectivity index (χ3n) is 5.02. The highest BCUT2D eigenvalue weighted by Crippen LogP contribution is 2.27. The molecular formula is C14H26N2O. The minimum atomic E-state index is 0.467. The number of ether oxygens (including phenoxy) is 1. The molecule has 3 nitrogen and oxygen atoms in total.